The number of nitrogens with zero attached hydrogens (tertiary/aromatic N) is 3. The number of aryl methyl sites for hydroxylation is 2. The van der Waals surface area contributed by atoms with E-state index in [2.05, 4.69) is 6.07 Å². The van der Waals surface area contributed by atoms with Crippen molar-refractivity contribution in [2.75, 3.05) is 11.9 Å². The molecule has 37 heavy (non-hydrogen) atoms. The maximum Gasteiger partial charge on any atom is 0.260 e. The van der Waals surface area contributed by atoms with Crippen molar-refractivity contribution in [3.63, 3.8) is 0 Å². The Bertz CT molecular complexity index is 1460. The maximum absolute atomic E-state index is 13.8. The van der Waals surface area contributed by atoms with Crippen molar-refractivity contribution in [1.82, 2.24) is 9.29 Å². The molecule has 0 atom stereocenters. The van der Waals surface area contributed by atoms with E-state index in [1.54, 1.807) is 36.4 Å². The maximum atomic E-state index is 13.8. The van der Waals surface area contributed by atoms with E-state index in [1.165, 1.54) is 27.8 Å². The zero-order chi connectivity index (χ0) is 26.2. The largest absolute Gasteiger partial charge is 0.467 e. The summed E-state index contributed by atoms with van der Waals surface area (Å²) in [6.07, 6.45) is 6.60. The molecule has 2 heterocycles. The third kappa shape index (κ3) is 5.08. The van der Waals surface area contributed by atoms with Gasteiger partial charge in [0.05, 0.1) is 27.9 Å². The number of hydrogen-bond donors (Lipinski definition) is 0. The van der Waals surface area contributed by atoms with Crippen LogP contribution < -0.4 is 4.90 Å². The summed E-state index contributed by atoms with van der Waals surface area (Å²) in [6.45, 7) is 4.26. The van der Waals surface area contributed by atoms with E-state index >= 15 is 0 Å². The molecule has 2 aromatic carbocycles. The molecule has 0 bridgehead atoms. The smallest absolute Gasteiger partial charge is 0.260 e. The lowest BCUT2D eigenvalue weighted by Gasteiger charge is -2.30. The Kier molecular flexibility index (Phi) is 7.20. The summed E-state index contributed by atoms with van der Waals surface area (Å²) in [5.41, 5.74) is 3.42. The molecule has 0 unspecified atom stereocenters. The van der Waals surface area contributed by atoms with Gasteiger partial charge in [-0.25, -0.2) is 13.4 Å². The van der Waals surface area contributed by atoms with Crippen molar-refractivity contribution < 1.29 is 17.6 Å². The van der Waals surface area contributed by atoms with E-state index in [4.69, 9.17) is 9.40 Å². The molecule has 1 saturated carbocycles. The van der Waals surface area contributed by atoms with Crippen LogP contribution in [0, 0.1) is 13.8 Å². The lowest BCUT2D eigenvalue weighted by Crippen LogP contribution is -2.38. The van der Waals surface area contributed by atoms with Crippen LogP contribution >= 0.6 is 11.3 Å². The molecule has 2 aromatic heterocycles. The Balaban J connectivity index is 1.45. The summed E-state index contributed by atoms with van der Waals surface area (Å²) >= 11 is 1.47. The number of benzene rings is 2. The fourth-order valence-electron chi connectivity index (χ4n) is 4.88. The van der Waals surface area contributed by atoms with Crippen LogP contribution in [0.4, 0.5) is 5.13 Å². The third-order valence-electron chi connectivity index (χ3n) is 7.17. The first kappa shape index (κ1) is 25.6. The summed E-state index contributed by atoms with van der Waals surface area (Å²) in [6, 6.07) is 13.9. The fourth-order valence-corrected chi connectivity index (χ4v) is 7.41. The van der Waals surface area contributed by atoms with Crippen LogP contribution in [-0.4, -0.2) is 36.7 Å². The minimum absolute atomic E-state index is 0.0230. The van der Waals surface area contributed by atoms with Gasteiger partial charge in [0.1, 0.15) is 5.76 Å². The van der Waals surface area contributed by atoms with Gasteiger partial charge in [-0.3, -0.25) is 9.69 Å². The third-order valence-corrected chi connectivity index (χ3v) is 10.3. The summed E-state index contributed by atoms with van der Waals surface area (Å²) in [5, 5.41) is 0.572. The molecule has 0 radical (unpaired) electrons. The SMILES string of the molecule is Cc1ccc(C)c2sc(N(Cc3ccco3)C(=O)c3ccc(S(=O)(=O)N(C)C4CCCCC4)cc3)nc12. The van der Waals surface area contributed by atoms with Crippen molar-refractivity contribution in [2.45, 2.75) is 63.4 Å². The predicted molar refractivity (Wildman–Crippen MR) is 147 cm³/mol. The van der Waals surface area contributed by atoms with Crippen molar-refractivity contribution >= 4 is 42.6 Å². The highest BCUT2D eigenvalue weighted by Crippen LogP contribution is 2.35. The molecule has 9 heteroatoms. The number of rotatable bonds is 7. The molecule has 1 fully saturated rings. The Morgan fingerprint density at radius 1 is 1.03 bits per heavy atom. The molecule has 1 amide bonds. The van der Waals surface area contributed by atoms with Crippen LogP contribution in [0.1, 0.15) is 59.3 Å². The van der Waals surface area contributed by atoms with Crippen molar-refractivity contribution in [2.24, 2.45) is 0 Å². The molecule has 1 aliphatic rings. The number of carbonyl (C=O) groups excluding carboxylic acids is 1. The second kappa shape index (κ2) is 10.4. The zero-order valence-electron chi connectivity index (χ0n) is 21.3. The first-order valence-corrected chi connectivity index (χ1v) is 14.8. The van der Waals surface area contributed by atoms with Crippen molar-refractivity contribution in [3.05, 3.63) is 77.2 Å². The van der Waals surface area contributed by atoms with Crippen LogP contribution in [0.25, 0.3) is 10.2 Å². The fraction of sp³-hybridized carbons (Fsp3) is 0.357. The summed E-state index contributed by atoms with van der Waals surface area (Å²) in [4.78, 5) is 20.4. The topological polar surface area (TPSA) is 83.7 Å². The number of sulfonamides is 1. The summed E-state index contributed by atoms with van der Waals surface area (Å²) in [5.74, 6) is 0.365. The average Bonchev–Trinajstić information content (AvgIpc) is 3.60. The highest BCUT2D eigenvalue weighted by Gasteiger charge is 2.30. The first-order chi connectivity index (χ1) is 17.8. The van der Waals surface area contributed by atoms with Crippen LogP contribution in [0.2, 0.25) is 0 Å². The number of amides is 1. The standard InChI is InChI=1S/C28H31N3O4S2/c1-19-11-12-20(2)26-25(19)29-28(36-26)31(18-23-10-7-17-35-23)27(32)21-13-15-24(16-14-21)37(33,34)30(3)22-8-5-4-6-9-22/h7,10-17,22H,4-6,8-9,18H2,1-3H3. The van der Waals surface area contributed by atoms with E-state index in [0.29, 0.717) is 16.5 Å². The van der Waals surface area contributed by atoms with Crippen LogP contribution in [0.3, 0.4) is 0 Å². The molecular formula is C28H31N3O4S2. The van der Waals surface area contributed by atoms with Gasteiger partial charge in [-0.05, 0) is 74.2 Å². The van der Waals surface area contributed by atoms with E-state index in [-0.39, 0.29) is 23.4 Å². The lowest BCUT2D eigenvalue weighted by atomic mass is 9.96. The number of furan rings is 1. The highest BCUT2D eigenvalue weighted by atomic mass is 32.2. The lowest BCUT2D eigenvalue weighted by molar-refractivity contribution is 0.0983. The van der Waals surface area contributed by atoms with E-state index < -0.39 is 10.0 Å². The first-order valence-electron chi connectivity index (χ1n) is 12.5. The average molecular weight is 538 g/mol. The summed E-state index contributed by atoms with van der Waals surface area (Å²) < 4.78 is 34.6. The normalized spacial score (nSPS) is 14.9. The molecule has 0 spiro atoms. The Morgan fingerprint density at radius 3 is 2.38 bits per heavy atom. The van der Waals surface area contributed by atoms with Gasteiger partial charge < -0.3 is 4.42 Å². The molecule has 4 aromatic rings. The molecule has 0 N–H and O–H groups in total. The van der Waals surface area contributed by atoms with Crippen molar-refractivity contribution in [3.8, 4) is 0 Å². The molecule has 194 valence electrons. The van der Waals surface area contributed by atoms with Gasteiger partial charge in [0.2, 0.25) is 10.0 Å². The molecule has 0 aliphatic heterocycles. The van der Waals surface area contributed by atoms with Crippen molar-refractivity contribution in [1.29, 1.82) is 0 Å². The van der Waals surface area contributed by atoms with Gasteiger partial charge >= 0.3 is 0 Å². The second-order valence-corrected chi connectivity index (χ2v) is 12.7. The Morgan fingerprint density at radius 2 is 1.73 bits per heavy atom. The second-order valence-electron chi connectivity index (χ2n) is 9.68. The number of hydrogen-bond acceptors (Lipinski definition) is 6. The van der Waals surface area contributed by atoms with Gasteiger partial charge in [-0.15, -0.1) is 0 Å². The Hall–Kier alpha value is -3.01. The minimum atomic E-state index is -3.64. The van der Waals surface area contributed by atoms with Gasteiger partial charge in [0.15, 0.2) is 5.13 Å². The van der Waals surface area contributed by atoms with E-state index in [1.807, 2.05) is 26.0 Å². The number of anilines is 1. The minimum Gasteiger partial charge on any atom is -0.467 e. The number of thiazole rings is 1. The predicted octanol–water partition coefficient (Wildman–Crippen LogP) is 6.31. The molecule has 0 saturated heterocycles. The highest BCUT2D eigenvalue weighted by molar-refractivity contribution is 7.89. The van der Waals surface area contributed by atoms with Gasteiger partial charge in [0.25, 0.3) is 5.91 Å². The monoisotopic (exact) mass is 537 g/mol. The number of fused-ring (bicyclic) bond motifs is 1. The Labute approximate surface area is 221 Å². The quantitative estimate of drug-likeness (QED) is 0.276. The molecule has 7 nitrogen and oxygen atoms in total. The number of carbonyl (C=O) groups is 1. The van der Waals surface area contributed by atoms with Crippen LogP contribution in [-0.2, 0) is 16.6 Å². The van der Waals surface area contributed by atoms with Gasteiger partial charge in [-0.1, -0.05) is 42.7 Å². The number of aromatic nitrogens is 1. The van der Waals surface area contributed by atoms with Crippen LogP contribution in [0.15, 0.2) is 64.1 Å². The zero-order valence-corrected chi connectivity index (χ0v) is 22.9. The van der Waals surface area contributed by atoms with E-state index in [9.17, 15) is 13.2 Å². The van der Waals surface area contributed by atoms with E-state index in [0.717, 1.165) is 53.4 Å². The van der Waals surface area contributed by atoms with Gasteiger partial charge in [0, 0.05) is 18.7 Å². The molecule has 1 aliphatic carbocycles. The molecular weight excluding hydrogens is 506 g/mol. The van der Waals surface area contributed by atoms with Crippen LogP contribution in [0.5, 0.6) is 0 Å². The van der Waals surface area contributed by atoms with Gasteiger partial charge in [-0.2, -0.15) is 4.31 Å². The summed E-state index contributed by atoms with van der Waals surface area (Å²) in [7, 11) is -1.98. The molecule has 5 rings (SSSR count).